The van der Waals surface area contributed by atoms with Gasteiger partial charge in [0.2, 0.25) is 0 Å². The van der Waals surface area contributed by atoms with Crippen molar-refractivity contribution in [1.29, 1.82) is 0 Å². The number of aromatic nitrogens is 1. The van der Waals surface area contributed by atoms with E-state index in [-0.39, 0.29) is 12.2 Å². The Morgan fingerprint density at radius 1 is 1.32 bits per heavy atom. The van der Waals surface area contributed by atoms with Crippen molar-refractivity contribution in [3.8, 4) is 0 Å². The molecule has 0 bridgehead atoms. The third-order valence-corrected chi connectivity index (χ3v) is 3.72. The molecule has 7 heteroatoms. The molecule has 2 rings (SSSR count). The monoisotopic (exact) mass is 318 g/mol. The largest absolute Gasteiger partial charge is 0.433 e. The van der Waals surface area contributed by atoms with Crippen molar-refractivity contribution in [3.63, 3.8) is 0 Å². The van der Waals surface area contributed by atoms with Gasteiger partial charge in [-0.05, 0) is 38.8 Å². The van der Waals surface area contributed by atoms with Crippen molar-refractivity contribution < 1.29 is 23.6 Å². The normalized spacial score (nSPS) is 17.3. The van der Waals surface area contributed by atoms with Gasteiger partial charge in [0.1, 0.15) is 18.1 Å². The van der Waals surface area contributed by atoms with Crippen LogP contribution in [-0.2, 0) is 17.5 Å². The zero-order valence-corrected chi connectivity index (χ0v) is 13.0. The van der Waals surface area contributed by atoms with Crippen LogP contribution in [0.1, 0.15) is 37.9 Å². The van der Waals surface area contributed by atoms with Gasteiger partial charge >= 0.3 is 6.18 Å². The molecule has 1 saturated heterocycles. The molecular formula is C15H23F3N3O+. The summed E-state index contributed by atoms with van der Waals surface area (Å²) in [5.74, 6) is 0.410. The van der Waals surface area contributed by atoms with Crippen LogP contribution in [0.25, 0.3) is 0 Å². The van der Waals surface area contributed by atoms with Gasteiger partial charge < -0.3 is 15.4 Å². The molecule has 0 atom stereocenters. The van der Waals surface area contributed by atoms with E-state index in [1.807, 2.05) is 18.7 Å². The fourth-order valence-electron chi connectivity index (χ4n) is 2.69. The lowest BCUT2D eigenvalue weighted by Crippen LogP contribution is -2.48. The maximum atomic E-state index is 12.9. The first-order chi connectivity index (χ1) is 10.3. The Hall–Kier alpha value is -1.34. The van der Waals surface area contributed by atoms with Crippen LogP contribution < -0.4 is 10.6 Å². The molecule has 0 aliphatic carbocycles. The zero-order chi connectivity index (χ0) is 16.3. The van der Waals surface area contributed by atoms with E-state index in [9.17, 15) is 13.2 Å². The van der Waals surface area contributed by atoms with Crippen molar-refractivity contribution >= 4 is 5.82 Å². The number of ether oxygens (including phenoxy) is 1. The predicted octanol–water partition coefficient (Wildman–Crippen LogP) is 2.24. The van der Waals surface area contributed by atoms with Gasteiger partial charge in [0.05, 0.1) is 12.2 Å². The summed E-state index contributed by atoms with van der Waals surface area (Å²) in [6.45, 7) is 5.70. The Morgan fingerprint density at radius 2 is 1.95 bits per heavy atom. The smallest absolute Gasteiger partial charge is 0.375 e. The molecule has 0 amide bonds. The van der Waals surface area contributed by atoms with E-state index in [4.69, 9.17) is 4.74 Å². The summed E-state index contributed by atoms with van der Waals surface area (Å²) in [4.78, 5) is 5.76. The van der Waals surface area contributed by atoms with Gasteiger partial charge in [0.15, 0.2) is 0 Å². The first-order valence-corrected chi connectivity index (χ1v) is 7.58. The average Bonchev–Trinajstić information content (AvgIpc) is 2.46. The van der Waals surface area contributed by atoms with E-state index in [0.29, 0.717) is 25.5 Å². The lowest BCUT2D eigenvalue weighted by Gasteiger charge is -2.34. The first kappa shape index (κ1) is 17.0. The molecule has 1 aliphatic heterocycles. The second-order valence-electron chi connectivity index (χ2n) is 5.80. The summed E-state index contributed by atoms with van der Waals surface area (Å²) in [6, 6.07) is 2.51. The van der Waals surface area contributed by atoms with E-state index >= 15 is 0 Å². The average molecular weight is 318 g/mol. The van der Waals surface area contributed by atoms with Crippen LogP contribution in [0.2, 0.25) is 0 Å². The van der Waals surface area contributed by atoms with Gasteiger partial charge in [0.25, 0.3) is 0 Å². The number of alkyl halides is 3. The van der Waals surface area contributed by atoms with Crippen LogP contribution >= 0.6 is 0 Å². The Bertz CT molecular complexity index is 497. The van der Waals surface area contributed by atoms with Gasteiger partial charge in [-0.15, -0.1) is 0 Å². The second-order valence-corrected chi connectivity index (χ2v) is 5.80. The first-order valence-electron chi connectivity index (χ1n) is 7.58. The summed E-state index contributed by atoms with van der Waals surface area (Å²) in [5.41, 5.74) is 3.68. The molecule has 0 unspecified atom stereocenters. The highest BCUT2D eigenvalue weighted by molar-refractivity contribution is 5.48. The molecule has 4 nitrogen and oxygen atoms in total. The van der Waals surface area contributed by atoms with Crippen LogP contribution in [0.3, 0.4) is 0 Å². The minimum Gasteiger partial charge on any atom is -0.375 e. The van der Waals surface area contributed by atoms with Gasteiger partial charge in [-0.1, -0.05) is 0 Å². The molecular weight excluding hydrogens is 295 g/mol. The molecule has 1 fully saturated rings. The molecule has 1 aliphatic rings. The number of halogens is 3. The van der Waals surface area contributed by atoms with Crippen LogP contribution in [0.4, 0.5) is 19.0 Å². The molecule has 0 aromatic carbocycles. The Kier molecular flexibility index (Phi) is 5.28. The van der Waals surface area contributed by atoms with Crippen LogP contribution in [0.5, 0.6) is 0 Å². The van der Waals surface area contributed by atoms with Crippen molar-refractivity contribution in [2.24, 2.45) is 0 Å². The Balaban J connectivity index is 2.15. The quantitative estimate of drug-likeness (QED) is 0.926. The maximum Gasteiger partial charge on any atom is 0.433 e. The number of hydrogen-bond acceptors (Lipinski definition) is 3. The predicted molar refractivity (Wildman–Crippen MR) is 77.3 cm³/mol. The summed E-state index contributed by atoms with van der Waals surface area (Å²) >= 11 is 0. The summed E-state index contributed by atoms with van der Waals surface area (Å²) in [7, 11) is 0. The molecule has 1 aromatic heterocycles. The van der Waals surface area contributed by atoms with Gasteiger partial charge in [-0.25, -0.2) is 4.98 Å². The van der Waals surface area contributed by atoms with Crippen molar-refractivity contribution in [1.82, 2.24) is 4.98 Å². The molecule has 0 saturated carbocycles. The second kappa shape index (κ2) is 6.83. The fraction of sp³-hybridized carbons (Fsp3) is 0.667. The molecule has 124 valence electrons. The molecule has 0 radical (unpaired) electrons. The van der Waals surface area contributed by atoms with Crippen molar-refractivity contribution in [2.75, 3.05) is 18.0 Å². The van der Waals surface area contributed by atoms with Gasteiger partial charge in [0, 0.05) is 18.7 Å². The molecule has 0 spiro atoms. The molecule has 1 aromatic rings. The zero-order valence-electron chi connectivity index (χ0n) is 13.0. The molecule has 3 N–H and O–H groups in total. The van der Waals surface area contributed by atoms with Gasteiger partial charge in [-0.3, -0.25) is 0 Å². The number of hydrogen-bond donors (Lipinski definition) is 1. The maximum absolute atomic E-state index is 12.9. The number of nitrogens with zero attached hydrogens (tertiary/aromatic N) is 2. The highest BCUT2D eigenvalue weighted by Gasteiger charge is 2.34. The van der Waals surface area contributed by atoms with Crippen LogP contribution in [0.15, 0.2) is 12.1 Å². The lowest BCUT2D eigenvalue weighted by atomic mass is 10.1. The Labute approximate surface area is 128 Å². The summed E-state index contributed by atoms with van der Waals surface area (Å²) in [6.07, 6.45) is -2.49. The van der Waals surface area contributed by atoms with Crippen molar-refractivity contribution in [3.05, 3.63) is 23.4 Å². The minimum absolute atomic E-state index is 0.165. The number of rotatable bonds is 4. The van der Waals surface area contributed by atoms with E-state index in [1.165, 1.54) is 6.07 Å². The third kappa shape index (κ3) is 4.10. The standard InChI is InChI=1S/C15H22F3N3O/c1-10(2)22-12-5-7-21(8-6-12)14-11(9-19)3-4-13(20-14)15(16,17)18/h3-4,10,12H,5-9,19H2,1-2H3/p+1. The van der Waals surface area contributed by atoms with Crippen molar-refractivity contribution in [2.45, 2.75) is 51.6 Å². The highest BCUT2D eigenvalue weighted by Crippen LogP contribution is 2.31. The van der Waals surface area contributed by atoms with E-state index in [0.717, 1.165) is 24.5 Å². The lowest BCUT2D eigenvalue weighted by molar-refractivity contribution is -0.386. The van der Waals surface area contributed by atoms with Crippen LogP contribution in [-0.4, -0.2) is 30.3 Å². The minimum atomic E-state index is -4.42. The van der Waals surface area contributed by atoms with E-state index < -0.39 is 11.9 Å². The summed E-state index contributed by atoms with van der Waals surface area (Å²) in [5, 5.41) is 0. The fourth-order valence-corrected chi connectivity index (χ4v) is 2.69. The van der Waals surface area contributed by atoms with E-state index in [1.54, 1.807) is 0 Å². The molecule has 2 heterocycles. The third-order valence-electron chi connectivity index (χ3n) is 3.72. The van der Waals surface area contributed by atoms with Gasteiger partial charge in [-0.2, -0.15) is 13.2 Å². The topological polar surface area (TPSA) is 53.0 Å². The highest BCUT2D eigenvalue weighted by atomic mass is 19.4. The SMILES string of the molecule is CC(C)OC1CCN(c2nc(C(F)(F)F)ccc2C[NH3+])CC1. The summed E-state index contributed by atoms with van der Waals surface area (Å²) < 4.78 is 44.3. The number of quaternary nitrogens is 1. The van der Waals surface area contributed by atoms with Crippen LogP contribution in [0, 0.1) is 0 Å². The molecule has 22 heavy (non-hydrogen) atoms. The Morgan fingerprint density at radius 3 is 2.45 bits per heavy atom. The number of anilines is 1. The number of pyridine rings is 1. The van der Waals surface area contributed by atoms with E-state index in [2.05, 4.69) is 10.7 Å². The number of piperidine rings is 1.